The Balaban J connectivity index is 2.15. The van der Waals surface area contributed by atoms with E-state index in [1.165, 1.54) is 12.8 Å². The zero-order valence-electron chi connectivity index (χ0n) is 11.7. The van der Waals surface area contributed by atoms with Crippen molar-refractivity contribution in [3.63, 3.8) is 0 Å². The molecule has 0 aromatic carbocycles. The van der Waals surface area contributed by atoms with Crippen molar-refractivity contribution in [1.29, 1.82) is 0 Å². The highest BCUT2D eigenvalue weighted by atomic mass is 32.2. The van der Waals surface area contributed by atoms with Gasteiger partial charge in [-0.25, -0.2) is 0 Å². The molecule has 0 spiro atoms. The fourth-order valence-electron chi connectivity index (χ4n) is 2.32. The summed E-state index contributed by atoms with van der Waals surface area (Å²) >= 11 is 1.73. The molecule has 1 rings (SSSR count). The Morgan fingerprint density at radius 1 is 1.50 bits per heavy atom. The number of hydrogen-bond donors (Lipinski definition) is 2. The summed E-state index contributed by atoms with van der Waals surface area (Å²) in [6, 6.07) is 0. The molecule has 1 aliphatic carbocycles. The molecule has 0 radical (unpaired) electrons. The first-order valence-corrected chi connectivity index (χ1v) is 8.25. The lowest BCUT2D eigenvalue weighted by Gasteiger charge is -2.26. The lowest BCUT2D eigenvalue weighted by molar-refractivity contribution is -0.120. The SMILES string of the molecule is CCCCSC(C)C(=O)NCC1CCCC(O)C1. The summed E-state index contributed by atoms with van der Waals surface area (Å²) in [6.07, 6.45) is 6.19. The van der Waals surface area contributed by atoms with Gasteiger partial charge in [-0.2, -0.15) is 0 Å². The molecule has 0 aromatic rings. The fraction of sp³-hybridized carbons (Fsp3) is 0.929. The summed E-state index contributed by atoms with van der Waals surface area (Å²) in [4.78, 5) is 11.9. The van der Waals surface area contributed by atoms with Gasteiger partial charge in [0.1, 0.15) is 0 Å². The maximum atomic E-state index is 11.9. The van der Waals surface area contributed by atoms with E-state index in [0.717, 1.165) is 38.0 Å². The van der Waals surface area contributed by atoms with Gasteiger partial charge in [-0.1, -0.05) is 19.8 Å². The Labute approximate surface area is 115 Å². The normalized spacial score (nSPS) is 25.7. The van der Waals surface area contributed by atoms with Crippen LogP contribution in [-0.4, -0.2) is 34.7 Å². The van der Waals surface area contributed by atoms with E-state index in [4.69, 9.17) is 0 Å². The maximum absolute atomic E-state index is 11.9. The van der Waals surface area contributed by atoms with Gasteiger partial charge in [0.05, 0.1) is 11.4 Å². The van der Waals surface area contributed by atoms with Gasteiger partial charge >= 0.3 is 0 Å². The van der Waals surface area contributed by atoms with E-state index in [-0.39, 0.29) is 17.3 Å². The van der Waals surface area contributed by atoms with Gasteiger partial charge in [0.15, 0.2) is 0 Å². The average molecular weight is 273 g/mol. The van der Waals surface area contributed by atoms with Crippen LogP contribution in [0.3, 0.4) is 0 Å². The largest absolute Gasteiger partial charge is 0.393 e. The minimum Gasteiger partial charge on any atom is -0.393 e. The molecular weight excluding hydrogens is 246 g/mol. The van der Waals surface area contributed by atoms with Gasteiger partial charge < -0.3 is 10.4 Å². The van der Waals surface area contributed by atoms with Crippen molar-refractivity contribution in [2.45, 2.75) is 63.7 Å². The van der Waals surface area contributed by atoms with Crippen LogP contribution in [0.2, 0.25) is 0 Å². The molecule has 0 heterocycles. The Kier molecular flexibility index (Phi) is 7.75. The van der Waals surface area contributed by atoms with Crippen molar-refractivity contribution in [2.75, 3.05) is 12.3 Å². The first kappa shape index (κ1) is 15.8. The van der Waals surface area contributed by atoms with Crippen molar-refractivity contribution in [3.05, 3.63) is 0 Å². The van der Waals surface area contributed by atoms with E-state index >= 15 is 0 Å². The Hall–Kier alpha value is -0.220. The average Bonchev–Trinajstić information content (AvgIpc) is 2.36. The molecule has 1 fully saturated rings. The van der Waals surface area contributed by atoms with Crippen LogP contribution < -0.4 is 5.32 Å². The number of nitrogens with one attached hydrogen (secondary N) is 1. The number of thioether (sulfide) groups is 1. The van der Waals surface area contributed by atoms with E-state index in [1.54, 1.807) is 11.8 Å². The Morgan fingerprint density at radius 3 is 2.94 bits per heavy atom. The number of aliphatic hydroxyl groups excluding tert-OH is 1. The third kappa shape index (κ3) is 6.10. The number of amides is 1. The monoisotopic (exact) mass is 273 g/mol. The third-order valence-electron chi connectivity index (χ3n) is 3.56. The number of hydrogen-bond acceptors (Lipinski definition) is 3. The van der Waals surface area contributed by atoms with Crippen molar-refractivity contribution in [3.8, 4) is 0 Å². The quantitative estimate of drug-likeness (QED) is 0.701. The minimum absolute atomic E-state index is 0.0464. The molecule has 0 bridgehead atoms. The van der Waals surface area contributed by atoms with Crippen molar-refractivity contribution < 1.29 is 9.90 Å². The minimum atomic E-state index is -0.156. The van der Waals surface area contributed by atoms with Gasteiger partial charge in [0.2, 0.25) is 5.91 Å². The van der Waals surface area contributed by atoms with Crippen molar-refractivity contribution in [2.24, 2.45) is 5.92 Å². The second-order valence-corrected chi connectivity index (χ2v) is 6.75. The second kappa shape index (κ2) is 8.81. The topological polar surface area (TPSA) is 49.3 Å². The van der Waals surface area contributed by atoms with Gasteiger partial charge in [0, 0.05) is 6.54 Å². The zero-order valence-corrected chi connectivity index (χ0v) is 12.5. The first-order chi connectivity index (χ1) is 8.63. The number of carbonyl (C=O) groups is 1. The molecule has 4 heteroatoms. The molecule has 1 amide bonds. The molecule has 3 atom stereocenters. The highest BCUT2D eigenvalue weighted by Gasteiger charge is 2.21. The maximum Gasteiger partial charge on any atom is 0.232 e. The van der Waals surface area contributed by atoms with Crippen LogP contribution in [0.25, 0.3) is 0 Å². The summed E-state index contributed by atoms with van der Waals surface area (Å²) in [5.74, 6) is 1.68. The summed E-state index contributed by atoms with van der Waals surface area (Å²) in [5.41, 5.74) is 0. The van der Waals surface area contributed by atoms with Gasteiger partial charge in [-0.3, -0.25) is 4.79 Å². The lowest BCUT2D eigenvalue weighted by Crippen LogP contribution is -2.36. The Bertz CT molecular complexity index is 248. The fourth-order valence-corrected chi connectivity index (χ4v) is 3.36. The van der Waals surface area contributed by atoms with Crippen molar-refractivity contribution in [1.82, 2.24) is 5.32 Å². The summed E-state index contributed by atoms with van der Waals surface area (Å²) < 4.78 is 0. The molecule has 1 saturated carbocycles. The Morgan fingerprint density at radius 2 is 2.28 bits per heavy atom. The molecule has 3 unspecified atom stereocenters. The predicted molar refractivity (Wildman–Crippen MR) is 77.8 cm³/mol. The van der Waals surface area contributed by atoms with Crippen LogP contribution in [-0.2, 0) is 4.79 Å². The molecule has 18 heavy (non-hydrogen) atoms. The van der Waals surface area contributed by atoms with Crippen LogP contribution in [0.15, 0.2) is 0 Å². The van der Waals surface area contributed by atoms with Gasteiger partial charge in [0.25, 0.3) is 0 Å². The molecule has 1 aliphatic rings. The molecule has 3 nitrogen and oxygen atoms in total. The van der Waals surface area contributed by atoms with Gasteiger partial charge in [-0.05, 0) is 44.3 Å². The first-order valence-electron chi connectivity index (χ1n) is 7.20. The molecule has 106 valence electrons. The standard InChI is InChI=1S/C14H27NO2S/c1-3-4-8-18-11(2)14(17)15-10-12-6-5-7-13(16)9-12/h11-13,16H,3-10H2,1-2H3,(H,15,17). The lowest BCUT2D eigenvalue weighted by atomic mass is 9.87. The van der Waals surface area contributed by atoms with Crippen LogP contribution in [0.4, 0.5) is 0 Å². The molecule has 0 aliphatic heterocycles. The van der Waals surface area contributed by atoms with Crippen LogP contribution in [0, 0.1) is 5.92 Å². The summed E-state index contributed by atoms with van der Waals surface area (Å²) in [6.45, 7) is 4.87. The van der Waals surface area contributed by atoms with Crippen molar-refractivity contribution >= 4 is 17.7 Å². The van der Waals surface area contributed by atoms with Crippen LogP contribution >= 0.6 is 11.8 Å². The van der Waals surface area contributed by atoms with Gasteiger partial charge in [-0.15, -0.1) is 11.8 Å². The van der Waals surface area contributed by atoms with E-state index in [9.17, 15) is 9.90 Å². The van der Waals surface area contributed by atoms with Crippen LogP contribution in [0.1, 0.15) is 52.4 Å². The van der Waals surface area contributed by atoms with E-state index in [2.05, 4.69) is 12.2 Å². The number of rotatable bonds is 7. The summed E-state index contributed by atoms with van der Waals surface area (Å²) in [7, 11) is 0. The second-order valence-electron chi connectivity index (χ2n) is 5.30. The highest BCUT2D eigenvalue weighted by molar-refractivity contribution is 8.00. The van der Waals surface area contributed by atoms with E-state index < -0.39 is 0 Å². The highest BCUT2D eigenvalue weighted by Crippen LogP contribution is 2.23. The predicted octanol–water partition coefficient (Wildman–Crippen LogP) is 2.58. The third-order valence-corrected chi connectivity index (χ3v) is 4.79. The molecule has 0 saturated heterocycles. The van der Waals surface area contributed by atoms with E-state index in [1.807, 2.05) is 6.92 Å². The van der Waals surface area contributed by atoms with E-state index in [0.29, 0.717) is 5.92 Å². The molecule has 2 N–H and O–H groups in total. The summed E-state index contributed by atoms with van der Waals surface area (Å²) in [5, 5.41) is 12.7. The zero-order chi connectivity index (χ0) is 13.4. The number of carbonyl (C=O) groups excluding carboxylic acids is 1. The molecular formula is C14H27NO2S. The smallest absolute Gasteiger partial charge is 0.232 e. The van der Waals surface area contributed by atoms with Crippen LogP contribution in [0.5, 0.6) is 0 Å². The molecule has 0 aromatic heterocycles. The number of aliphatic hydroxyl groups is 1. The number of unbranched alkanes of at least 4 members (excludes halogenated alkanes) is 1.